The lowest BCUT2D eigenvalue weighted by molar-refractivity contribution is 0.0775. The summed E-state index contributed by atoms with van der Waals surface area (Å²) in [5.41, 5.74) is 6.18. The molecule has 1 aliphatic rings. The normalized spacial score (nSPS) is 17.4. The molecular weight excluding hydrogens is 272 g/mol. The molecule has 112 valence electrons. The van der Waals surface area contributed by atoms with E-state index in [1.54, 1.807) is 0 Å². The molecule has 0 saturated carbocycles. The van der Waals surface area contributed by atoms with Gasteiger partial charge in [-0.25, -0.2) is 4.98 Å². The summed E-state index contributed by atoms with van der Waals surface area (Å²) in [6.45, 7) is 8.86. The Balaban J connectivity index is 2.12. The number of nitrogens with one attached hydrogen (secondary N) is 1. The van der Waals surface area contributed by atoms with Crippen LogP contribution in [-0.4, -0.2) is 35.4 Å². The third-order valence-corrected chi connectivity index (χ3v) is 5.42. The standard InChI is InChI=1S/C14H24N4OS/c1-4-14(5-2)7-8-18(9-14)12(19)10-11(15)17-13(20-10)16-6-3/h4-9,15H2,1-3H3,(H,16,17). The molecule has 1 amide bonds. The van der Waals surface area contributed by atoms with Crippen molar-refractivity contribution in [2.24, 2.45) is 5.41 Å². The molecule has 2 heterocycles. The van der Waals surface area contributed by atoms with Crippen LogP contribution in [0.5, 0.6) is 0 Å². The Labute approximate surface area is 124 Å². The summed E-state index contributed by atoms with van der Waals surface area (Å²) in [6.07, 6.45) is 3.33. The maximum absolute atomic E-state index is 12.6. The summed E-state index contributed by atoms with van der Waals surface area (Å²) in [5, 5.41) is 3.84. The minimum absolute atomic E-state index is 0.0351. The second-order valence-corrected chi connectivity index (χ2v) is 6.45. The fourth-order valence-electron chi connectivity index (χ4n) is 2.79. The van der Waals surface area contributed by atoms with E-state index in [9.17, 15) is 4.79 Å². The Morgan fingerprint density at radius 1 is 1.45 bits per heavy atom. The SMILES string of the molecule is CCNc1nc(N)c(C(=O)N2CCC(CC)(CC)C2)s1. The Bertz CT molecular complexity index is 482. The number of hydrogen-bond acceptors (Lipinski definition) is 5. The van der Waals surface area contributed by atoms with Crippen molar-refractivity contribution in [2.45, 2.75) is 40.0 Å². The van der Waals surface area contributed by atoms with Crippen molar-refractivity contribution < 1.29 is 4.79 Å². The molecule has 1 aromatic rings. The number of likely N-dealkylation sites (tertiary alicyclic amines) is 1. The third-order valence-electron chi connectivity index (χ3n) is 4.40. The van der Waals surface area contributed by atoms with Crippen LogP contribution < -0.4 is 11.1 Å². The second kappa shape index (κ2) is 5.99. The second-order valence-electron chi connectivity index (χ2n) is 5.45. The molecule has 1 aromatic heterocycles. The fourth-order valence-corrected chi connectivity index (χ4v) is 3.71. The van der Waals surface area contributed by atoms with E-state index in [1.807, 2.05) is 11.8 Å². The van der Waals surface area contributed by atoms with Crippen molar-refractivity contribution >= 4 is 28.2 Å². The van der Waals surface area contributed by atoms with E-state index in [1.165, 1.54) is 11.3 Å². The van der Waals surface area contributed by atoms with Gasteiger partial charge in [0.2, 0.25) is 0 Å². The molecular formula is C14H24N4OS. The topological polar surface area (TPSA) is 71.2 Å². The van der Waals surface area contributed by atoms with Crippen molar-refractivity contribution in [3.63, 3.8) is 0 Å². The highest BCUT2D eigenvalue weighted by Gasteiger charge is 2.38. The molecule has 0 aromatic carbocycles. The van der Waals surface area contributed by atoms with Gasteiger partial charge in [-0.1, -0.05) is 25.2 Å². The average Bonchev–Trinajstić information content (AvgIpc) is 3.03. The number of nitrogens with zero attached hydrogens (tertiary/aromatic N) is 2. The predicted molar refractivity (Wildman–Crippen MR) is 84.2 cm³/mol. The fraction of sp³-hybridized carbons (Fsp3) is 0.714. The predicted octanol–water partition coefficient (Wildman–Crippen LogP) is 2.81. The lowest BCUT2D eigenvalue weighted by Gasteiger charge is -2.26. The summed E-state index contributed by atoms with van der Waals surface area (Å²) in [7, 11) is 0. The van der Waals surface area contributed by atoms with Gasteiger partial charge in [-0.2, -0.15) is 0 Å². The number of nitrogens with two attached hydrogens (primary N) is 1. The molecule has 1 aliphatic heterocycles. The van der Waals surface area contributed by atoms with Gasteiger partial charge in [0.15, 0.2) is 5.13 Å². The van der Waals surface area contributed by atoms with Crippen LogP contribution in [0.15, 0.2) is 0 Å². The number of thiazole rings is 1. The third kappa shape index (κ3) is 2.75. The Morgan fingerprint density at radius 2 is 2.15 bits per heavy atom. The van der Waals surface area contributed by atoms with Gasteiger partial charge in [-0.3, -0.25) is 4.79 Å². The molecule has 3 N–H and O–H groups in total. The number of rotatable bonds is 5. The van der Waals surface area contributed by atoms with E-state index in [0.29, 0.717) is 16.1 Å². The van der Waals surface area contributed by atoms with Gasteiger partial charge < -0.3 is 16.0 Å². The van der Waals surface area contributed by atoms with E-state index in [0.717, 1.165) is 44.0 Å². The van der Waals surface area contributed by atoms with Gasteiger partial charge in [-0.15, -0.1) is 0 Å². The molecule has 0 radical (unpaired) electrons. The Kier molecular flexibility index (Phi) is 4.52. The molecule has 5 nitrogen and oxygen atoms in total. The number of anilines is 2. The van der Waals surface area contributed by atoms with E-state index in [4.69, 9.17) is 5.73 Å². The first kappa shape index (κ1) is 15.1. The van der Waals surface area contributed by atoms with Crippen LogP contribution in [0.1, 0.15) is 49.7 Å². The molecule has 0 atom stereocenters. The smallest absolute Gasteiger partial charge is 0.267 e. The molecule has 0 unspecified atom stereocenters. The van der Waals surface area contributed by atoms with Gasteiger partial charge >= 0.3 is 0 Å². The van der Waals surface area contributed by atoms with Crippen molar-refractivity contribution in [3.05, 3.63) is 4.88 Å². The molecule has 1 fully saturated rings. The maximum Gasteiger partial charge on any atom is 0.267 e. The van der Waals surface area contributed by atoms with Crippen LogP contribution in [-0.2, 0) is 0 Å². The van der Waals surface area contributed by atoms with E-state index < -0.39 is 0 Å². The van der Waals surface area contributed by atoms with E-state index in [-0.39, 0.29) is 5.91 Å². The minimum atomic E-state index is 0.0351. The molecule has 2 rings (SSSR count). The molecule has 0 spiro atoms. The van der Waals surface area contributed by atoms with Gasteiger partial charge in [0.05, 0.1) is 0 Å². The first-order valence-corrected chi connectivity index (χ1v) is 8.16. The van der Waals surface area contributed by atoms with Crippen LogP contribution in [0, 0.1) is 5.41 Å². The minimum Gasteiger partial charge on any atom is -0.382 e. The maximum atomic E-state index is 12.6. The molecule has 20 heavy (non-hydrogen) atoms. The zero-order valence-corrected chi connectivity index (χ0v) is 13.3. The van der Waals surface area contributed by atoms with Crippen LogP contribution in [0.2, 0.25) is 0 Å². The highest BCUT2D eigenvalue weighted by atomic mass is 32.1. The number of carbonyl (C=O) groups excluding carboxylic acids is 1. The number of carbonyl (C=O) groups is 1. The highest BCUT2D eigenvalue weighted by molar-refractivity contribution is 7.18. The molecule has 0 bridgehead atoms. The van der Waals surface area contributed by atoms with Crippen LogP contribution in [0.3, 0.4) is 0 Å². The molecule has 1 saturated heterocycles. The van der Waals surface area contributed by atoms with Crippen molar-refractivity contribution in [1.29, 1.82) is 0 Å². The van der Waals surface area contributed by atoms with Gasteiger partial charge in [0, 0.05) is 19.6 Å². The summed E-state index contributed by atoms with van der Waals surface area (Å²) in [4.78, 5) is 19.3. The lowest BCUT2D eigenvalue weighted by Crippen LogP contribution is -2.31. The van der Waals surface area contributed by atoms with Crippen LogP contribution in [0.25, 0.3) is 0 Å². The monoisotopic (exact) mass is 296 g/mol. The van der Waals surface area contributed by atoms with Gasteiger partial charge in [-0.05, 0) is 31.6 Å². The number of hydrogen-bond donors (Lipinski definition) is 2. The number of aromatic nitrogens is 1. The van der Waals surface area contributed by atoms with Crippen molar-refractivity contribution in [3.8, 4) is 0 Å². The van der Waals surface area contributed by atoms with Gasteiger partial charge in [0.25, 0.3) is 5.91 Å². The Morgan fingerprint density at radius 3 is 2.70 bits per heavy atom. The van der Waals surface area contributed by atoms with Crippen molar-refractivity contribution in [1.82, 2.24) is 9.88 Å². The Hall–Kier alpha value is -1.30. The van der Waals surface area contributed by atoms with E-state index in [2.05, 4.69) is 24.1 Å². The summed E-state index contributed by atoms with van der Waals surface area (Å²) in [6, 6.07) is 0. The number of amides is 1. The first-order chi connectivity index (χ1) is 9.55. The summed E-state index contributed by atoms with van der Waals surface area (Å²) in [5.74, 6) is 0.384. The quantitative estimate of drug-likeness (QED) is 0.876. The van der Waals surface area contributed by atoms with Crippen LogP contribution in [0.4, 0.5) is 10.9 Å². The molecule has 0 aliphatic carbocycles. The number of nitrogen functional groups attached to an aromatic ring is 1. The zero-order valence-electron chi connectivity index (χ0n) is 12.5. The van der Waals surface area contributed by atoms with Gasteiger partial charge in [0.1, 0.15) is 10.7 Å². The molecule has 6 heteroatoms. The largest absolute Gasteiger partial charge is 0.382 e. The summed E-state index contributed by atoms with van der Waals surface area (Å²) >= 11 is 1.36. The average molecular weight is 296 g/mol. The van der Waals surface area contributed by atoms with Crippen LogP contribution >= 0.6 is 11.3 Å². The van der Waals surface area contributed by atoms with Crippen molar-refractivity contribution in [2.75, 3.05) is 30.7 Å². The lowest BCUT2D eigenvalue weighted by atomic mass is 9.82. The first-order valence-electron chi connectivity index (χ1n) is 7.34. The highest BCUT2D eigenvalue weighted by Crippen LogP contribution is 2.38. The summed E-state index contributed by atoms with van der Waals surface area (Å²) < 4.78 is 0. The van der Waals surface area contributed by atoms with E-state index >= 15 is 0 Å². The zero-order chi connectivity index (χ0) is 14.8.